The van der Waals surface area contributed by atoms with E-state index in [4.69, 9.17) is 0 Å². The van der Waals surface area contributed by atoms with Gasteiger partial charge in [0.2, 0.25) is 0 Å². The third-order valence-corrected chi connectivity index (χ3v) is 3.11. The summed E-state index contributed by atoms with van der Waals surface area (Å²) in [6, 6.07) is 7.16. The van der Waals surface area contributed by atoms with Crippen LogP contribution in [-0.2, 0) is 6.54 Å². The predicted octanol–water partition coefficient (Wildman–Crippen LogP) is 3.90. The normalized spacial score (nSPS) is 10.3. The van der Waals surface area contributed by atoms with E-state index in [1.54, 1.807) is 18.5 Å². The molecule has 2 rings (SSSR count). The van der Waals surface area contributed by atoms with E-state index in [2.05, 4.69) is 26.2 Å². The van der Waals surface area contributed by atoms with Gasteiger partial charge in [0.1, 0.15) is 5.82 Å². The molecule has 0 fully saturated rings. The molecule has 0 saturated carbocycles. The van der Waals surface area contributed by atoms with Gasteiger partial charge in [-0.25, -0.2) is 4.39 Å². The molecule has 1 aromatic carbocycles. The van der Waals surface area contributed by atoms with Gasteiger partial charge in [-0.1, -0.05) is 0 Å². The summed E-state index contributed by atoms with van der Waals surface area (Å²) in [6.07, 6.45) is 3.51. The molecule has 1 N–H and O–H groups in total. The molecule has 0 bridgehead atoms. The Morgan fingerprint density at radius 3 is 2.71 bits per heavy atom. The van der Waals surface area contributed by atoms with Crippen LogP contribution in [0.4, 0.5) is 10.1 Å². The number of nitrogens with one attached hydrogen (secondary N) is 1. The van der Waals surface area contributed by atoms with Crippen LogP contribution in [0, 0.1) is 12.7 Å². The number of rotatable bonds is 3. The molecule has 0 unspecified atom stereocenters. The van der Waals surface area contributed by atoms with Crippen LogP contribution >= 0.6 is 15.9 Å². The fourth-order valence-corrected chi connectivity index (χ4v) is 1.88. The van der Waals surface area contributed by atoms with Crippen LogP contribution in [0.2, 0.25) is 0 Å². The topological polar surface area (TPSA) is 24.9 Å². The first-order valence-electron chi connectivity index (χ1n) is 5.25. The first-order chi connectivity index (χ1) is 8.16. The number of nitrogens with zero attached hydrogens (tertiary/aromatic N) is 1. The largest absolute Gasteiger partial charge is 0.381 e. The minimum atomic E-state index is -0.239. The summed E-state index contributed by atoms with van der Waals surface area (Å²) in [6.45, 7) is 2.58. The summed E-state index contributed by atoms with van der Waals surface area (Å²) >= 11 is 3.18. The lowest BCUT2D eigenvalue weighted by Crippen LogP contribution is -2.01. The van der Waals surface area contributed by atoms with Gasteiger partial charge in [-0.3, -0.25) is 4.98 Å². The molecule has 17 heavy (non-hydrogen) atoms. The number of pyridine rings is 1. The van der Waals surface area contributed by atoms with Crippen molar-refractivity contribution in [3.05, 3.63) is 58.1 Å². The number of hydrogen-bond donors (Lipinski definition) is 1. The van der Waals surface area contributed by atoms with Gasteiger partial charge in [0.05, 0.1) is 4.47 Å². The van der Waals surface area contributed by atoms with Gasteiger partial charge in [0, 0.05) is 24.6 Å². The first kappa shape index (κ1) is 12.0. The van der Waals surface area contributed by atoms with E-state index < -0.39 is 0 Å². The molecule has 1 aromatic heterocycles. The third kappa shape index (κ3) is 3.03. The molecule has 2 nitrogen and oxygen atoms in total. The van der Waals surface area contributed by atoms with E-state index in [-0.39, 0.29) is 5.82 Å². The van der Waals surface area contributed by atoms with Gasteiger partial charge >= 0.3 is 0 Å². The molecule has 1 heterocycles. The van der Waals surface area contributed by atoms with E-state index in [1.807, 2.05) is 19.1 Å². The van der Waals surface area contributed by atoms with Gasteiger partial charge in [0.15, 0.2) is 0 Å². The third-order valence-electron chi connectivity index (χ3n) is 2.50. The molecule has 0 atom stereocenters. The van der Waals surface area contributed by atoms with Crippen LogP contribution in [0.15, 0.2) is 41.1 Å². The van der Waals surface area contributed by atoms with Crippen LogP contribution < -0.4 is 5.32 Å². The lowest BCUT2D eigenvalue weighted by Gasteiger charge is -2.10. The summed E-state index contributed by atoms with van der Waals surface area (Å²) in [5.41, 5.74) is 2.95. The zero-order valence-electron chi connectivity index (χ0n) is 9.37. The Kier molecular flexibility index (Phi) is 3.74. The molecule has 0 aliphatic heterocycles. The molecular formula is C13H12BrFN2. The highest BCUT2D eigenvalue weighted by Gasteiger charge is 2.04. The molecule has 0 amide bonds. The maximum atomic E-state index is 13.2. The lowest BCUT2D eigenvalue weighted by molar-refractivity contribution is 0.620. The van der Waals surface area contributed by atoms with Crippen molar-refractivity contribution in [3.8, 4) is 0 Å². The smallest absolute Gasteiger partial charge is 0.137 e. The first-order valence-corrected chi connectivity index (χ1v) is 6.04. The van der Waals surface area contributed by atoms with E-state index >= 15 is 0 Å². The zero-order valence-corrected chi connectivity index (χ0v) is 11.0. The van der Waals surface area contributed by atoms with Crippen LogP contribution in [-0.4, -0.2) is 4.98 Å². The highest BCUT2D eigenvalue weighted by atomic mass is 79.9. The van der Waals surface area contributed by atoms with E-state index in [0.29, 0.717) is 11.0 Å². The van der Waals surface area contributed by atoms with Crippen LogP contribution in [0.25, 0.3) is 0 Å². The molecule has 0 saturated heterocycles. The zero-order chi connectivity index (χ0) is 12.3. The van der Waals surface area contributed by atoms with Crippen molar-refractivity contribution in [1.82, 2.24) is 4.98 Å². The molecule has 0 aliphatic carbocycles. The number of anilines is 1. The number of aromatic nitrogens is 1. The lowest BCUT2D eigenvalue weighted by atomic mass is 10.2. The van der Waals surface area contributed by atoms with Crippen molar-refractivity contribution in [2.75, 3.05) is 5.32 Å². The maximum Gasteiger partial charge on any atom is 0.137 e. The summed E-state index contributed by atoms with van der Waals surface area (Å²) in [5.74, 6) is -0.239. The molecular weight excluding hydrogens is 283 g/mol. The van der Waals surface area contributed by atoms with Crippen LogP contribution in [0.3, 0.4) is 0 Å². The second-order valence-corrected chi connectivity index (χ2v) is 4.64. The van der Waals surface area contributed by atoms with Crippen molar-refractivity contribution in [3.63, 3.8) is 0 Å². The number of aryl methyl sites for hydroxylation is 1. The second-order valence-electron chi connectivity index (χ2n) is 3.79. The van der Waals surface area contributed by atoms with Crippen LogP contribution in [0.5, 0.6) is 0 Å². The van der Waals surface area contributed by atoms with E-state index in [0.717, 1.165) is 16.8 Å². The Morgan fingerprint density at radius 2 is 2.00 bits per heavy atom. The monoisotopic (exact) mass is 294 g/mol. The average molecular weight is 295 g/mol. The van der Waals surface area contributed by atoms with Crippen molar-refractivity contribution in [2.24, 2.45) is 0 Å². The molecule has 0 aliphatic rings. The Bertz CT molecular complexity index is 514. The highest BCUT2D eigenvalue weighted by Crippen LogP contribution is 2.24. The minimum Gasteiger partial charge on any atom is -0.381 e. The maximum absolute atomic E-state index is 13.2. The van der Waals surface area contributed by atoms with Crippen molar-refractivity contribution >= 4 is 21.6 Å². The van der Waals surface area contributed by atoms with Gasteiger partial charge in [-0.2, -0.15) is 0 Å². The summed E-state index contributed by atoms with van der Waals surface area (Å²) in [5, 5.41) is 3.27. The van der Waals surface area contributed by atoms with E-state index in [1.165, 1.54) is 6.07 Å². The molecule has 0 radical (unpaired) electrons. The van der Waals surface area contributed by atoms with Crippen molar-refractivity contribution in [2.45, 2.75) is 13.5 Å². The summed E-state index contributed by atoms with van der Waals surface area (Å²) < 4.78 is 13.7. The minimum absolute atomic E-state index is 0.239. The fraction of sp³-hybridized carbons (Fsp3) is 0.154. The fourth-order valence-electron chi connectivity index (χ4n) is 1.53. The number of halogens is 2. The molecule has 0 spiro atoms. The van der Waals surface area contributed by atoms with Gasteiger partial charge in [-0.15, -0.1) is 0 Å². The number of benzene rings is 1. The SMILES string of the molecule is Cc1cc(F)c(Br)cc1NCc1ccncc1. The Morgan fingerprint density at radius 1 is 1.29 bits per heavy atom. The summed E-state index contributed by atoms with van der Waals surface area (Å²) in [4.78, 5) is 3.96. The second kappa shape index (κ2) is 5.27. The van der Waals surface area contributed by atoms with Crippen molar-refractivity contribution in [1.29, 1.82) is 0 Å². The Balaban J connectivity index is 2.12. The van der Waals surface area contributed by atoms with E-state index in [9.17, 15) is 4.39 Å². The number of hydrogen-bond acceptors (Lipinski definition) is 2. The van der Waals surface area contributed by atoms with Gasteiger partial charge < -0.3 is 5.32 Å². The predicted molar refractivity (Wildman–Crippen MR) is 70.4 cm³/mol. The molecule has 88 valence electrons. The van der Waals surface area contributed by atoms with Crippen molar-refractivity contribution < 1.29 is 4.39 Å². The quantitative estimate of drug-likeness (QED) is 0.928. The summed E-state index contributed by atoms with van der Waals surface area (Å²) in [7, 11) is 0. The molecule has 4 heteroatoms. The Hall–Kier alpha value is -1.42. The van der Waals surface area contributed by atoms with Crippen LogP contribution in [0.1, 0.15) is 11.1 Å². The molecule has 2 aromatic rings. The standard InChI is InChI=1S/C13H12BrFN2/c1-9-6-12(15)11(14)7-13(9)17-8-10-2-4-16-5-3-10/h2-7,17H,8H2,1H3. The van der Waals surface area contributed by atoms with Gasteiger partial charge in [-0.05, 0) is 58.2 Å². The Labute approximate surface area is 108 Å². The highest BCUT2D eigenvalue weighted by molar-refractivity contribution is 9.10. The van der Waals surface area contributed by atoms with Gasteiger partial charge in [0.25, 0.3) is 0 Å². The average Bonchev–Trinajstić information content (AvgIpc) is 2.33.